The van der Waals surface area contributed by atoms with Gasteiger partial charge in [-0.1, -0.05) is 128 Å². The molecule has 1 aromatic rings. The Morgan fingerprint density at radius 1 is 0.531 bits per heavy atom. The highest BCUT2D eigenvalue weighted by Crippen LogP contribution is 2.27. The molecule has 1 aliphatic heterocycles. The molecule has 0 fully saturated rings. The second-order valence-corrected chi connectivity index (χ2v) is 10.8. The average molecular weight is 443 g/mol. The predicted octanol–water partition coefficient (Wildman–Crippen LogP) is 9.62. The largest absolute Gasteiger partial charge is 0.320 e. The van der Waals surface area contributed by atoms with Crippen molar-refractivity contribution in [1.29, 1.82) is 0 Å². The zero-order valence-corrected chi connectivity index (χ0v) is 22.0. The minimum absolute atomic E-state index is 1.29. The standard InChI is InChI=1S/C31H56N/c1-3-5-7-9-11-12-13-14-15-16-18-22-27-32(26-21-17-10-8-6-4-2)28-25-30-23-19-20-24-31(30)29-32/h19-20,23-24H,3-18,21-22,25-29H2,1-2H3/q+1. The molecule has 0 amide bonds. The van der Waals surface area contributed by atoms with Crippen LogP contribution in [0.3, 0.4) is 0 Å². The van der Waals surface area contributed by atoms with Gasteiger partial charge in [0.2, 0.25) is 0 Å². The number of benzene rings is 1. The van der Waals surface area contributed by atoms with Crippen LogP contribution < -0.4 is 0 Å². The highest BCUT2D eigenvalue weighted by molar-refractivity contribution is 5.27. The number of hydrogen-bond acceptors (Lipinski definition) is 0. The summed E-state index contributed by atoms with van der Waals surface area (Å²) in [6, 6.07) is 9.27. The van der Waals surface area contributed by atoms with Crippen molar-refractivity contribution in [2.45, 2.75) is 142 Å². The van der Waals surface area contributed by atoms with E-state index in [9.17, 15) is 0 Å². The summed E-state index contributed by atoms with van der Waals surface area (Å²) in [7, 11) is 0. The topological polar surface area (TPSA) is 0 Å². The number of fused-ring (bicyclic) bond motifs is 1. The Balaban J connectivity index is 1.64. The first-order valence-corrected chi connectivity index (χ1v) is 14.7. The van der Waals surface area contributed by atoms with Crippen LogP contribution in [0.4, 0.5) is 0 Å². The van der Waals surface area contributed by atoms with E-state index in [4.69, 9.17) is 0 Å². The van der Waals surface area contributed by atoms with Crippen molar-refractivity contribution in [2.24, 2.45) is 0 Å². The molecule has 1 aliphatic rings. The van der Waals surface area contributed by atoms with Crippen LogP contribution in [0, 0.1) is 0 Å². The van der Waals surface area contributed by atoms with Gasteiger partial charge in [-0.15, -0.1) is 0 Å². The SMILES string of the molecule is CCCCCCCCCCCCCC[N+]1(CCCCCCCC)CCc2ccccc2C1. The fraction of sp³-hybridized carbons (Fsp3) is 0.806. The van der Waals surface area contributed by atoms with E-state index in [0.29, 0.717) is 0 Å². The van der Waals surface area contributed by atoms with Gasteiger partial charge < -0.3 is 4.48 Å². The second-order valence-electron chi connectivity index (χ2n) is 10.8. The van der Waals surface area contributed by atoms with E-state index in [-0.39, 0.29) is 0 Å². The van der Waals surface area contributed by atoms with Crippen LogP contribution in [-0.4, -0.2) is 24.1 Å². The van der Waals surface area contributed by atoms with Gasteiger partial charge in [0.05, 0.1) is 19.6 Å². The second kappa shape index (κ2) is 17.6. The smallest absolute Gasteiger partial charge is 0.105 e. The van der Waals surface area contributed by atoms with Crippen molar-refractivity contribution < 1.29 is 4.48 Å². The van der Waals surface area contributed by atoms with Crippen LogP contribution in [0.2, 0.25) is 0 Å². The van der Waals surface area contributed by atoms with E-state index in [1.165, 1.54) is 153 Å². The van der Waals surface area contributed by atoms with Gasteiger partial charge in [0, 0.05) is 12.0 Å². The molecule has 0 radical (unpaired) electrons. The van der Waals surface area contributed by atoms with Gasteiger partial charge in [-0.2, -0.15) is 0 Å². The van der Waals surface area contributed by atoms with Gasteiger partial charge in [-0.25, -0.2) is 0 Å². The molecule has 184 valence electrons. The van der Waals surface area contributed by atoms with Crippen molar-refractivity contribution in [2.75, 3.05) is 19.6 Å². The first-order chi connectivity index (χ1) is 15.8. The molecule has 1 unspecified atom stereocenters. The third kappa shape index (κ3) is 11.4. The fourth-order valence-corrected chi connectivity index (χ4v) is 5.76. The Kier molecular flexibility index (Phi) is 15.1. The van der Waals surface area contributed by atoms with Gasteiger partial charge in [0.15, 0.2) is 0 Å². The summed E-state index contributed by atoms with van der Waals surface area (Å²) in [6.07, 6.45) is 27.3. The molecule has 1 aromatic carbocycles. The molecule has 0 saturated carbocycles. The molecule has 1 nitrogen and oxygen atoms in total. The van der Waals surface area contributed by atoms with E-state index in [2.05, 4.69) is 38.1 Å². The summed E-state index contributed by atoms with van der Waals surface area (Å²) in [5.74, 6) is 0. The lowest BCUT2D eigenvalue weighted by molar-refractivity contribution is -0.943. The minimum atomic E-state index is 1.29. The number of nitrogens with zero attached hydrogens (tertiary/aromatic N) is 1. The van der Waals surface area contributed by atoms with E-state index in [1.54, 1.807) is 11.1 Å². The van der Waals surface area contributed by atoms with Crippen LogP contribution in [0.5, 0.6) is 0 Å². The molecular weight excluding hydrogens is 386 g/mol. The molecular formula is C31H56N+. The third-order valence-electron chi connectivity index (χ3n) is 7.95. The van der Waals surface area contributed by atoms with E-state index < -0.39 is 0 Å². The minimum Gasteiger partial charge on any atom is -0.320 e. The first-order valence-electron chi connectivity index (χ1n) is 14.7. The van der Waals surface area contributed by atoms with Crippen LogP contribution in [0.1, 0.15) is 141 Å². The van der Waals surface area contributed by atoms with Crippen molar-refractivity contribution in [3.63, 3.8) is 0 Å². The molecule has 0 bridgehead atoms. The maximum atomic E-state index is 2.41. The van der Waals surface area contributed by atoms with Gasteiger partial charge in [0.25, 0.3) is 0 Å². The fourth-order valence-electron chi connectivity index (χ4n) is 5.76. The molecule has 0 saturated heterocycles. The first kappa shape index (κ1) is 27.4. The Morgan fingerprint density at radius 2 is 0.938 bits per heavy atom. The van der Waals surface area contributed by atoms with E-state index in [1.807, 2.05) is 0 Å². The Hall–Kier alpha value is -0.820. The number of quaternary nitrogens is 1. The molecule has 2 rings (SSSR count). The van der Waals surface area contributed by atoms with Crippen molar-refractivity contribution in [3.05, 3.63) is 35.4 Å². The lowest BCUT2D eigenvalue weighted by Gasteiger charge is -2.42. The molecule has 0 aliphatic carbocycles. The van der Waals surface area contributed by atoms with E-state index >= 15 is 0 Å². The number of rotatable bonds is 20. The third-order valence-corrected chi connectivity index (χ3v) is 7.95. The van der Waals surface area contributed by atoms with Crippen molar-refractivity contribution >= 4 is 0 Å². The van der Waals surface area contributed by atoms with Crippen LogP contribution >= 0.6 is 0 Å². The van der Waals surface area contributed by atoms with Gasteiger partial charge in [-0.05, 0) is 31.2 Å². The lowest BCUT2D eigenvalue weighted by atomic mass is 9.96. The summed E-state index contributed by atoms with van der Waals surface area (Å²) in [6.45, 7) is 10.1. The molecule has 0 spiro atoms. The van der Waals surface area contributed by atoms with Crippen LogP contribution in [0.15, 0.2) is 24.3 Å². The quantitative estimate of drug-likeness (QED) is 0.139. The molecule has 32 heavy (non-hydrogen) atoms. The molecule has 1 atom stereocenters. The maximum absolute atomic E-state index is 2.41. The highest BCUT2D eigenvalue weighted by atomic mass is 15.4. The summed E-state index contributed by atoms with van der Waals surface area (Å²) in [5.41, 5.74) is 3.27. The summed E-state index contributed by atoms with van der Waals surface area (Å²) in [5, 5.41) is 0. The molecule has 0 N–H and O–H groups in total. The van der Waals surface area contributed by atoms with Gasteiger partial charge in [-0.3, -0.25) is 0 Å². The van der Waals surface area contributed by atoms with Crippen LogP contribution in [0.25, 0.3) is 0 Å². The van der Waals surface area contributed by atoms with Gasteiger partial charge in [0.1, 0.15) is 6.54 Å². The van der Waals surface area contributed by atoms with E-state index in [0.717, 1.165) is 0 Å². The van der Waals surface area contributed by atoms with Crippen molar-refractivity contribution in [3.8, 4) is 0 Å². The Morgan fingerprint density at radius 3 is 1.41 bits per heavy atom. The molecule has 1 heteroatoms. The Bertz CT molecular complexity index is 565. The number of hydrogen-bond donors (Lipinski definition) is 0. The highest BCUT2D eigenvalue weighted by Gasteiger charge is 2.31. The van der Waals surface area contributed by atoms with Gasteiger partial charge >= 0.3 is 0 Å². The Labute approximate surface area is 202 Å². The molecule has 1 heterocycles. The normalized spacial score (nSPS) is 18.1. The summed E-state index contributed by atoms with van der Waals surface area (Å²) in [4.78, 5) is 0. The maximum Gasteiger partial charge on any atom is 0.105 e. The number of unbranched alkanes of at least 4 members (excludes halogenated alkanes) is 16. The zero-order chi connectivity index (χ0) is 22.7. The van der Waals surface area contributed by atoms with Crippen molar-refractivity contribution in [1.82, 2.24) is 0 Å². The van der Waals surface area contributed by atoms with Crippen LogP contribution in [-0.2, 0) is 13.0 Å². The lowest BCUT2D eigenvalue weighted by Crippen LogP contribution is -2.52. The summed E-state index contributed by atoms with van der Waals surface area (Å²) >= 11 is 0. The zero-order valence-electron chi connectivity index (χ0n) is 22.0. The monoisotopic (exact) mass is 442 g/mol. The summed E-state index contributed by atoms with van der Waals surface area (Å²) < 4.78 is 1.38. The predicted molar refractivity (Wildman–Crippen MR) is 143 cm³/mol. The molecule has 0 aromatic heterocycles. The average Bonchev–Trinajstić information content (AvgIpc) is 2.82.